The van der Waals surface area contributed by atoms with Crippen LogP contribution < -0.4 is 5.32 Å². The van der Waals surface area contributed by atoms with Crippen molar-refractivity contribution in [1.82, 2.24) is 10.2 Å². The van der Waals surface area contributed by atoms with Crippen molar-refractivity contribution >= 4 is 46.6 Å². The summed E-state index contributed by atoms with van der Waals surface area (Å²) in [5.74, 6) is -0.374. The first-order chi connectivity index (χ1) is 16.4. The molecule has 3 aromatic carbocycles. The molecule has 4 nitrogen and oxygen atoms in total. The zero-order valence-electron chi connectivity index (χ0n) is 18.9. The molecule has 0 aliphatic rings. The fraction of sp³-hybridized carbons (Fsp3) is 0.259. The maximum absolute atomic E-state index is 13.6. The molecule has 0 spiro atoms. The van der Waals surface area contributed by atoms with Gasteiger partial charge in [0.05, 0.1) is 6.42 Å². The fourth-order valence-corrected chi connectivity index (χ4v) is 4.23. The van der Waals surface area contributed by atoms with Gasteiger partial charge in [-0.3, -0.25) is 9.59 Å². The number of carbonyl (C=O) groups is 2. The van der Waals surface area contributed by atoms with Crippen LogP contribution in [-0.2, 0) is 29.0 Å². The lowest BCUT2D eigenvalue weighted by atomic mass is 10.0. The molecule has 0 heterocycles. The first kappa shape index (κ1) is 26.1. The first-order valence-corrected chi connectivity index (χ1v) is 12.3. The molecule has 2 amide bonds. The van der Waals surface area contributed by atoms with Crippen LogP contribution in [0.25, 0.3) is 0 Å². The Hall–Kier alpha value is -2.53. The number of halogens is 3. The first-order valence-electron chi connectivity index (χ1n) is 11.2. The van der Waals surface area contributed by atoms with Gasteiger partial charge in [0.1, 0.15) is 6.04 Å². The summed E-state index contributed by atoms with van der Waals surface area (Å²) in [5.41, 5.74) is 2.50. The standard InChI is InChI=1S/C27H27Cl3N2O2/c1-2-14-31-27(34)25(15-19-6-4-3-5-7-19)32(18-21-10-13-23(29)17-24(21)30)26(33)16-20-8-11-22(28)12-9-20/h3-13,17,25H,2,14-16,18H2,1H3,(H,31,34). The van der Waals surface area contributed by atoms with Crippen LogP contribution in [0.3, 0.4) is 0 Å². The average Bonchev–Trinajstić information content (AvgIpc) is 2.83. The van der Waals surface area contributed by atoms with Crippen LogP contribution in [0.2, 0.25) is 15.1 Å². The Labute approximate surface area is 215 Å². The average molecular weight is 518 g/mol. The minimum Gasteiger partial charge on any atom is -0.354 e. The van der Waals surface area contributed by atoms with E-state index in [1.807, 2.05) is 49.4 Å². The van der Waals surface area contributed by atoms with Crippen LogP contribution in [0.1, 0.15) is 30.0 Å². The third kappa shape index (κ3) is 7.49. The van der Waals surface area contributed by atoms with Crippen molar-refractivity contribution in [3.63, 3.8) is 0 Å². The van der Waals surface area contributed by atoms with Gasteiger partial charge in [-0.05, 0) is 47.4 Å². The molecule has 0 bridgehead atoms. The minimum atomic E-state index is -0.708. The molecule has 1 unspecified atom stereocenters. The second-order valence-corrected chi connectivity index (χ2v) is 9.34. The predicted molar refractivity (Wildman–Crippen MR) is 139 cm³/mol. The summed E-state index contributed by atoms with van der Waals surface area (Å²) in [5, 5.41) is 4.52. The summed E-state index contributed by atoms with van der Waals surface area (Å²) in [6.07, 6.45) is 1.31. The molecule has 0 aromatic heterocycles. The van der Waals surface area contributed by atoms with E-state index in [2.05, 4.69) is 5.32 Å². The largest absolute Gasteiger partial charge is 0.354 e. The highest BCUT2D eigenvalue weighted by atomic mass is 35.5. The topological polar surface area (TPSA) is 49.4 Å². The van der Waals surface area contributed by atoms with E-state index in [9.17, 15) is 9.59 Å². The van der Waals surface area contributed by atoms with E-state index in [0.29, 0.717) is 28.0 Å². The van der Waals surface area contributed by atoms with E-state index in [1.165, 1.54) is 0 Å². The van der Waals surface area contributed by atoms with Crippen molar-refractivity contribution in [1.29, 1.82) is 0 Å². The maximum Gasteiger partial charge on any atom is 0.243 e. The molecule has 1 N–H and O–H groups in total. The van der Waals surface area contributed by atoms with Crippen molar-refractivity contribution in [3.8, 4) is 0 Å². The molecule has 178 valence electrons. The molecular weight excluding hydrogens is 491 g/mol. The van der Waals surface area contributed by atoms with Crippen molar-refractivity contribution in [3.05, 3.63) is 105 Å². The summed E-state index contributed by atoms with van der Waals surface area (Å²) < 4.78 is 0. The van der Waals surface area contributed by atoms with Gasteiger partial charge in [0.2, 0.25) is 11.8 Å². The number of amides is 2. The molecule has 34 heavy (non-hydrogen) atoms. The van der Waals surface area contributed by atoms with Gasteiger partial charge in [-0.2, -0.15) is 0 Å². The van der Waals surface area contributed by atoms with E-state index in [4.69, 9.17) is 34.8 Å². The Bertz CT molecular complexity index is 1100. The highest BCUT2D eigenvalue weighted by Gasteiger charge is 2.30. The van der Waals surface area contributed by atoms with E-state index >= 15 is 0 Å². The van der Waals surface area contributed by atoms with Crippen LogP contribution >= 0.6 is 34.8 Å². The summed E-state index contributed by atoms with van der Waals surface area (Å²) >= 11 is 18.5. The van der Waals surface area contributed by atoms with Crippen LogP contribution in [0.15, 0.2) is 72.8 Å². The van der Waals surface area contributed by atoms with E-state index < -0.39 is 6.04 Å². The summed E-state index contributed by atoms with van der Waals surface area (Å²) in [7, 11) is 0. The second kappa shape index (κ2) is 12.8. The van der Waals surface area contributed by atoms with Crippen molar-refractivity contribution in [2.24, 2.45) is 0 Å². The van der Waals surface area contributed by atoms with Gasteiger partial charge in [-0.15, -0.1) is 0 Å². The Morgan fingerprint density at radius 2 is 1.56 bits per heavy atom. The number of nitrogens with one attached hydrogen (secondary N) is 1. The summed E-state index contributed by atoms with van der Waals surface area (Å²) in [6.45, 7) is 2.70. The van der Waals surface area contributed by atoms with Crippen LogP contribution in [0.5, 0.6) is 0 Å². The lowest BCUT2D eigenvalue weighted by Gasteiger charge is -2.32. The summed E-state index contributed by atoms with van der Waals surface area (Å²) in [6, 6.07) is 21.3. The zero-order valence-corrected chi connectivity index (χ0v) is 21.2. The SMILES string of the molecule is CCCNC(=O)C(Cc1ccccc1)N(Cc1ccc(Cl)cc1Cl)C(=O)Cc1ccc(Cl)cc1. The Morgan fingerprint density at radius 1 is 0.882 bits per heavy atom. The lowest BCUT2D eigenvalue weighted by molar-refractivity contribution is -0.140. The monoisotopic (exact) mass is 516 g/mol. The number of carbonyl (C=O) groups excluding carboxylic acids is 2. The third-order valence-electron chi connectivity index (χ3n) is 5.44. The molecular formula is C27H27Cl3N2O2. The highest BCUT2D eigenvalue weighted by Crippen LogP contribution is 2.24. The van der Waals surface area contributed by atoms with Crippen molar-refractivity contribution < 1.29 is 9.59 Å². The lowest BCUT2D eigenvalue weighted by Crippen LogP contribution is -2.51. The normalized spacial score (nSPS) is 11.6. The van der Waals surface area contributed by atoms with Gasteiger partial charge in [0.15, 0.2) is 0 Å². The number of rotatable bonds is 10. The van der Waals surface area contributed by atoms with Gasteiger partial charge in [0.25, 0.3) is 0 Å². The fourth-order valence-electron chi connectivity index (χ4n) is 3.63. The third-order valence-corrected chi connectivity index (χ3v) is 6.28. The van der Waals surface area contributed by atoms with Crippen LogP contribution in [-0.4, -0.2) is 29.3 Å². The van der Waals surface area contributed by atoms with Crippen molar-refractivity contribution in [2.75, 3.05) is 6.54 Å². The van der Waals surface area contributed by atoms with E-state index in [0.717, 1.165) is 23.1 Å². The van der Waals surface area contributed by atoms with Crippen molar-refractivity contribution in [2.45, 2.75) is 38.8 Å². The molecule has 1 atom stereocenters. The number of nitrogens with zero attached hydrogens (tertiary/aromatic N) is 1. The Balaban J connectivity index is 1.97. The quantitative estimate of drug-likeness (QED) is 0.340. The minimum absolute atomic E-state index is 0.134. The molecule has 3 aromatic rings. The van der Waals surface area contributed by atoms with Gasteiger partial charge in [-0.25, -0.2) is 0 Å². The van der Waals surface area contributed by atoms with Gasteiger partial charge >= 0.3 is 0 Å². The van der Waals surface area contributed by atoms with E-state index in [1.54, 1.807) is 35.2 Å². The van der Waals surface area contributed by atoms with Crippen LogP contribution in [0.4, 0.5) is 0 Å². The molecule has 0 radical (unpaired) electrons. The molecule has 0 aliphatic heterocycles. The molecule has 0 fully saturated rings. The highest BCUT2D eigenvalue weighted by molar-refractivity contribution is 6.35. The Kier molecular flexibility index (Phi) is 9.82. The molecule has 0 saturated carbocycles. The molecule has 3 rings (SSSR count). The molecule has 0 saturated heterocycles. The van der Waals surface area contributed by atoms with Crippen LogP contribution in [0, 0.1) is 0 Å². The second-order valence-electron chi connectivity index (χ2n) is 8.06. The number of hydrogen-bond donors (Lipinski definition) is 1. The predicted octanol–water partition coefficient (Wildman–Crippen LogP) is 6.36. The van der Waals surface area contributed by atoms with Gasteiger partial charge < -0.3 is 10.2 Å². The smallest absolute Gasteiger partial charge is 0.243 e. The summed E-state index contributed by atoms with van der Waals surface area (Å²) in [4.78, 5) is 28.5. The van der Waals surface area contributed by atoms with Gasteiger partial charge in [-0.1, -0.05) is 90.3 Å². The molecule has 0 aliphatic carbocycles. The molecule has 7 heteroatoms. The zero-order chi connectivity index (χ0) is 24.5. The maximum atomic E-state index is 13.6. The Morgan fingerprint density at radius 3 is 2.21 bits per heavy atom. The van der Waals surface area contributed by atoms with Gasteiger partial charge in [0, 0.05) is 34.6 Å². The number of hydrogen-bond acceptors (Lipinski definition) is 2. The van der Waals surface area contributed by atoms with E-state index in [-0.39, 0.29) is 24.8 Å². The number of benzene rings is 3.